The minimum Gasteiger partial charge on any atom is -0.495 e. The number of ether oxygens (including phenoxy) is 1. The van der Waals surface area contributed by atoms with Gasteiger partial charge in [-0.2, -0.15) is 0 Å². The van der Waals surface area contributed by atoms with E-state index in [0.29, 0.717) is 0 Å². The van der Waals surface area contributed by atoms with Crippen LogP contribution in [0, 0.1) is 12.7 Å². The SMILES string of the molecule is COc1ccc(Cl)cc1N(CC(=O)Nc1cccc(F)c1)S(=O)(=O)c1ccc(C)cc1. The van der Waals surface area contributed by atoms with Crippen LogP contribution in [-0.2, 0) is 14.8 Å². The largest absolute Gasteiger partial charge is 0.495 e. The van der Waals surface area contributed by atoms with E-state index in [1.165, 1.54) is 49.6 Å². The van der Waals surface area contributed by atoms with Crippen LogP contribution in [0.15, 0.2) is 71.6 Å². The number of amides is 1. The fourth-order valence-electron chi connectivity index (χ4n) is 2.89. The third kappa shape index (κ3) is 5.34. The molecule has 0 saturated heterocycles. The number of sulfonamides is 1. The maximum atomic E-state index is 13.5. The number of carbonyl (C=O) groups is 1. The minimum atomic E-state index is -4.16. The first-order valence-corrected chi connectivity index (χ1v) is 11.0. The number of hydrogen-bond acceptors (Lipinski definition) is 4. The molecule has 3 rings (SSSR count). The smallest absolute Gasteiger partial charge is 0.264 e. The van der Waals surface area contributed by atoms with E-state index in [9.17, 15) is 17.6 Å². The Morgan fingerprint density at radius 2 is 1.81 bits per heavy atom. The maximum Gasteiger partial charge on any atom is 0.264 e. The molecule has 0 radical (unpaired) electrons. The number of hydrogen-bond donors (Lipinski definition) is 1. The molecule has 0 aliphatic rings. The van der Waals surface area contributed by atoms with Crippen LogP contribution in [0.4, 0.5) is 15.8 Å². The normalized spacial score (nSPS) is 11.1. The number of carbonyl (C=O) groups excluding carboxylic acids is 1. The Bertz CT molecular complexity index is 1200. The third-order valence-corrected chi connectivity index (χ3v) is 6.42. The Morgan fingerprint density at radius 3 is 2.45 bits per heavy atom. The number of nitrogens with zero attached hydrogens (tertiary/aromatic N) is 1. The minimum absolute atomic E-state index is 0.00122. The van der Waals surface area contributed by atoms with E-state index < -0.39 is 28.3 Å². The molecule has 0 spiro atoms. The summed E-state index contributed by atoms with van der Waals surface area (Å²) in [7, 11) is -2.77. The second-order valence-electron chi connectivity index (χ2n) is 6.70. The number of nitrogens with one attached hydrogen (secondary N) is 1. The zero-order valence-electron chi connectivity index (χ0n) is 16.8. The molecule has 0 heterocycles. The van der Waals surface area contributed by atoms with E-state index in [1.54, 1.807) is 18.2 Å². The molecule has 0 aromatic heterocycles. The molecule has 1 amide bonds. The fraction of sp³-hybridized carbons (Fsp3) is 0.136. The molecule has 0 fully saturated rings. The highest BCUT2D eigenvalue weighted by molar-refractivity contribution is 7.92. The lowest BCUT2D eigenvalue weighted by atomic mass is 10.2. The molecule has 31 heavy (non-hydrogen) atoms. The number of halogens is 2. The van der Waals surface area contributed by atoms with Gasteiger partial charge in [0.1, 0.15) is 18.1 Å². The van der Waals surface area contributed by atoms with E-state index >= 15 is 0 Å². The summed E-state index contributed by atoms with van der Waals surface area (Å²) in [4.78, 5) is 12.7. The van der Waals surface area contributed by atoms with Gasteiger partial charge in [-0.05, 0) is 55.5 Å². The summed E-state index contributed by atoms with van der Waals surface area (Å²) in [5, 5.41) is 2.78. The summed E-state index contributed by atoms with van der Waals surface area (Å²) in [6.45, 7) is 1.25. The van der Waals surface area contributed by atoms with Crippen LogP contribution in [0.3, 0.4) is 0 Å². The molecule has 162 valence electrons. The van der Waals surface area contributed by atoms with Crippen molar-refractivity contribution in [1.82, 2.24) is 0 Å². The molecule has 0 atom stereocenters. The van der Waals surface area contributed by atoms with Crippen molar-refractivity contribution >= 4 is 38.9 Å². The van der Waals surface area contributed by atoms with Crippen molar-refractivity contribution in [3.05, 3.63) is 83.1 Å². The topological polar surface area (TPSA) is 75.7 Å². The van der Waals surface area contributed by atoms with Gasteiger partial charge >= 0.3 is 0 Å². The molecule has 3 aromatic rings. The fourth-order valence-corrected chi connectivity index (χ4v) is 4.48. The zero-order valence-corrected chi connectivity index (χ0v) is 18.4. The number of aryl methyl sites for hydroxylation is 1. The molecule has 6 nitrogen and oxygen atoms in total. The van der Waals surface area contributed by atoms with Crippen LogP contribution in [0.5, 0.6) is 5.75 Å². The van der Waals surface area contributed by atoms with Crippen molar-refractivity contribution in [3.63, 3.8) is 0 Å². The summed E-state index contributed by atoms with van der Waals surface area (Å²) in [6, 6.07) is 16.0. The summed E-state index contributed by atoms with van der Waals surface area (Å²) in [5.74, 6) is -0.972. The predicted octanol–water partition coefficient (Wildman–Crippen LogP) is 4.63. The van der Waals surface area contributed by atoms with Crippen LogP contribution in [0.25, 0.3) is 0 Å². The van der Waals surface area contributed by atoms with E-state index in [2.05, 4.69) is 5.32 Å². The van der Waals surface area contributed by atoms with Crippen molar-refractivity contribution in [1.29, 1.82) is 0 Å². The zero-order chi connectivity index (χ0) is 22.6. The predicted molar refractivity (Wildman–Crippen MR) is 119 cm³/mol. The molecule has 0 aliphatic carbocycles. The third-order valence-electron chi connectivity index (χ3n) is 4.41. The van der Waals surface area contributed by atoms with Crippen LogP contribution in [0.1, 0.15) is 5.56 Å². The second-order valence-corrected chi connectivity index (χ2v) is 9.00. The van der Waals surface area contributed by atoms with Crippen molar-refractivity contribution < 1.29 is 22.3 Å². The van der Waals surface area contributed by atoms with Gasteiger partial charge in [0.2, 0.25) is 5.91 Å². The molecule has 0 unspecified atom stereocenters. The standard InChI is InChI=1S/C22H20ClFN2O4S/c1-15-6-9-19(10-7-15)31(28,29)26(20-12-16(23)8-11-21(20)30-2)14-22(27)25-18-5-3-4-17(24)13-18/h3-13H,14H2,1-2H3,(H,25,27). The number of methoxy groups -OCH3 is 1. The van der Waals surface area contributed by atoms with Crippen molar-refractivity contribution in [2.75, 3.05) is 23.3 Å². The number of benzene rings is 3. The quantitative estimate of drug-likeness (QED) is 0.555. The molecular weight excluding hydrogens is 443 g/mol. The van der Waals surface area contributed by atoms with Gasteiger partial charge in [0.25, 0.3) is 10.0 Å². The van der Waals surface area contributed by atoms with Gasteiger partial charge in [-0.1, -0.05) is 35.4 Å². The van der Waals surface area contributed by atoms with E-state index in [1.807, 2.05) is 6.92 Å². The molecule has 1 N–H and O–H groups in total. The summed E-state index contributed by atoms with van der Waals surface area (Å²) >= 11 is 6.10. The Morgan fingerprint density at radius 1 is 1.10 bits per heavy atom. The first-order valence-electron chi connectivity index (χ1n) is 9.19. The monoisotopic (exact) mass is 462 g/mol. The molecular formula is C22H20ClFN2O4S. The average Bonchev–Trinajstić information content (AvgIpc) is 2.72. The Hall–Kier alpha value is -3.10. The Kier molecular flexibility index (Phi) is 6.82. The molecule has 0 aliphatic heterocycles. The van der Waals surface area contributed by atoms with Gasteiger partial charge in [-0.15, -0.1) is 0 Å². The van der Waals surface area contributed by atoms with Gasteiger partial charge < -0.3 is 10.1 Å². The number of rotatable bonds is 7. The Labute approximate surface area is 185 Å². The molecule has 9 heteroatoms. The van der Waals surface area contributed by atoms with Crippen molar-refractivity contribution in [2.24, 2.45) is 0 Å². The van der Waals surface area contributed by atoms with Crippen LogP contribution < -0.4 is 14.4 Å². The van der Waals surface area contributed by atoms with Gasteiger partial charge in [0, 0.05) is 10.7 Å². The lowest BCUT2D eigenvalue weighted by Crippen LogP contribution is -2.38. The van der Waals surface area contributed by atoms with Crippen LogP contribution in [0.2, 0.25) is 5.02 Å². The highest BCUT2D eigenvalue weighted by atomic mass is 35.5. The van der Waals surface area contributed by atoms with Gasteiger partial charge in [-0.3, -0.25) is 9.10 Å². The van der Waals surface area contributed by atoms with Gasteiger partial charge in [0.05, 0.1) is 17.7 Å². The highest BCUT2D eigenvalue weighted by Gasteiger charge is 2.29. The van der Waals surface area contributed by atoms with Crippen LogP contribution >= 0.6 is 11.6 Å². The van der Waals surface area contributed by atoms with Crippen LogP contribution in [-0.4, -0.2) is 28.0 Å². The Balaban J connectivity index is 2.03. The van der Waals surface area contributed by atoms with Gasteiger partial charge in [0.15, 0.2) is 0 Å². The maximum absolute atomic E-state index is 13.5. The van der Waals surface area contributed by atoms with Crippen molar-refractivity contribution in [3.8, 4) is 5.75 Å². The highest BCUT2D eigenvalue weighted by Crippen LogP contribution is 2.35. The van der Waals surface area contributed by atoms with Gasteiger partial charge in [-0.25, -0.2) is 12.8 Å². The summed E-state index contributed by atoms with van der Waals surface area (Å²) in [6.07, 6.45) is 0. The van der Waals surface area contributed by atoms with E-state index in [0.717, 1.165) is 15.9 Å². The molecule has 3 aromatic carbocycles. The summed E-state index contributed by atoms with van der Waals surface area (Å²) in [5.41, 5.74) is 1.19. The first-order chi connectivity index (χ1) is 14.7. The number of anilines is 2. The average molecular weight is 463 g/mol. The van der Waals surface area contributed by atoms with E-state index in [4.69, 9.17) is 16.3 Å². The molecule has 0 bridgehead atoms. The lowest BCUT2D eigenvalue weighted by Gasteiger charge is -2.26. The molecule has 0 saturated carbocycles. The summed E-state index contributed by atoms with van der Waals surface area (Å²) < 4.78 is 46.6. The van der Waals surface area contributed by atoms with E-state index in [-0.39, 0.29) is 27.0 Å². The van der Waals surface area contributed by atoms with Crippen molar-refractivity contribution in [2.45, 2.75) is 11.8 Å². The first kappa shape index (κ1) is 22.6. The lowest BCUT2D eigenvalue weighted by molar-refractivity contribution is -0.114. The second kappa shape index (κ2) is 9.36.